The maximum absolute atomic E-state index is 2.47. The molecule has 2 heteroatoms. The number of fused-ring (bicyclic) bond motifs is 9. The van der Waals surface area contributed by atoms with Crippen LogP contribution in [-0.2, 0) is 5.41 Å². The molecule has 0 N–H and O–H groups in total. The van der Waals surface area contributed by atoms with Gasteiger partial charge >= 0.3 is 0 Å². The second-order valence-electron chi connectivity index (χ2n) is 13.4. The average molecular weight is 601 g/mol. The lowest BCUT2D eigenvalue weighted by Crippen LogP contribution is -2.16. The molecule has 0 unspecified atom stereocenters. The molecular weight excluding hydrogens is 569 g/mol. The minimum atomic E-state index is -0.147. The summed E-state index contributed by atoms with van der Waals surface area (Å²) in [6.07, 6.45) is 0. The maximum Gasteiger partial charge on any atom is 0.0620 e. The van der Waals surface area contributed by atoms with Crippen LogP contribution in [0.4, 0.5) is 17.1 Å². The van der Waals surface area contributed by atoms with Crippen molar-refractivity contribution in [1.82, 2.24) is 4.40 Å². The third kappa shape index (κ3) is 3.67. The van der Waals surface area contributed by atoms with Crippen LogP contribution in [0, 0.1) is 0 Å². The monoisotopic (exact) mass is 600 g/mol. The molecule has 7 aromatic carbocycles. The molecule has 1 aliphatic rings. The Labute approximate surface area is 274 Å². The summed E-state index contributed by atoms with van der Waals surface area (Å²) in [6, 6.07) is 58.0. The highest BCUT2D eigenvalue weighted by Gasteiger charge is 2.36. The van der Waals surface area contributed by atoms with E-state index in [1.165, 1.54) is 77.2 Å². The van der Waals surface area contributed by atoms with Crippen molar-refractivity contribution in [1.29, 1.82) is 0 Å². The first-order chi connectivity index (χ1) is 23.1. The number of rotatable bonds is 4. The van der Waals surface area contributed by atoms with Crippen molar-refractivity contribution >= 4 is 55.2 Å². The molecule has 0 amide bonds. The standard InChI is InChI=1S/C45H32N2/c1-45(2)40-26-29(30-21-24-37-39-18-11-17-38-36-16-9-10-19-42(36)47(44(38)39)43(37)27-30)20-23-34(40)35-25-22-33(28-41(35)45)46(31-12-5-3-6-13-31)32-14-7-4-8-15-32/h3-28H,1-2H3. The van der Waals surface area contributed by atoms with E-state index >= 15 is 0 Å². The first kappa shape index (κ1) is 26.4. The number of benzene rings is 7. The summed E-state index contributed by atoms with van der Waals surface area (Å²) in [6.45, 7) is 4.76. The molecule has 0 bridgehead atoms. The molecular formula is C45H32N2. The van der Waals surface area contributed by atoms with Crippen LogP contribution in [0.2, 0.25) is 0 Å². The average Bonchev–Trinajstić information content (AvgIpc) is 3.72. The highest BCUT2D eigenvalue weighted by atomic mass is 15.1. The molecule has 0 saturated carbocycles. The SMILES string of the molecule is CC1(C)c2cc(-c3ccc4c5cccc6c7ccccc7n(c4c3)c65)ccc2-c2ccc(N(c3ccccc3)c3ccccc3)cc21. The summed E-state index contributed by atoms with van der Waals surface area (Å²) < 4.78 is 2.47. The normalized spacial score (nSPS) is 13.5. The Morgan fingerprint density at radius 1 is 0.426 bits per heavy atom. The van der Waals surface area contributed by atoms with E-state index in [0.29, 0.717) is 0 Å². The summed E-state index contributed by atoms with van der Waals surface area (Å²) in [5.74, 6) is 0. The molecule has 0 saturated heterocycles. The van der Waals surface area contributed by atoms with Gasteiger partial charge in [-0.05, 0) is 88.0 Å². The van der Waals surface area contributed by atoms with Crippen LogP contribution in [0.3, 0.4) is 0 Å². The van der Waals surface area contributed by atoms with E-state index in [2.05, 4.69) is 181 Å². The van der Waals surface area contributed by atoms with Gasteiger partial charge in [0.25, 0.3) is 0 Å². The van der Waals surface area contributed by atoms with Crippen LogP contribution in [0.25, 0.3) is 60.3 Å². The number of anilines is 3. The largest absolute Gasteiger partial charge is 0.310 e. The fourth-order valence-corrected chi connectivity index (χ4v) is 8.26. The van der Waals surface area contributed by atoms with Crippen molar-refractivity contribution in [3.8, 4) is 22.3 Å². The van der Waals surface area contributed by atoms with Gasteiger partial charge in [-0.1, -0.05) is 117 Å². The van der Waals surface area contributed by atoms with Gasteiger partial charge < -0.3 is 9.30 Å². The molecule has 0 fully saturated rings. The Morgan fingerprint density at radius 2 is 0.979 bits per heavy atom. The van der Waals surface area contributed by atoms with E-state index in [1.807, 2.05) is 0 Å². The van der Waals surface area contributed by atoms with Gasteiger partial charge in [0.2, 0.25) is 0 Å². The first-order valence-corrected chi connectivity index (χ1v) is 16.4. The molecule has 0 spiro atoms. The molecule has 47 heavy (non-hydrogen) atoms. The molecule has 9 aromatic rings. The van der Waals surface area contributed by atoms with Gasteiger partial charge in [0, 0.05) is 44.0 Å². The van der Waals surface area contributed by atoms with E-state index in [0.717, 1.165) is 11.4 Å². The molecule has 2 heterocycles. The Hall–Kier alpha value is -5.86. The minimum absolute atomic E-state index is 0.147. The summed E-state index contributed by atoms with van der Waals surface area (Å²) >= 11 is 0. The zero-order valence-electron chi connectivity index (χ0n) is 26.4. The predicted octanol–water partition coefficient (Wildman–Crippen LogP) is 12.3. The van der Waals surface area contributed by atoms with E-state index < -0.39 is 0 Å². The molecule has 0 aliphatic heterocycles. The van der Waals surface area contributed by atoms with Crippen LogP contribution in [0.5, 0.6) is 0 Å². The van der Waals surface area contributed by atoms with Crippen molar-refractivity contribution in [3.63, 3.8) is 0 Å². The molecule has 2 aromatic heterocycles. The summed E-state index contributed by atoms with van der Waals surface area (Å²) in [7, 11) is 0. The molecule has 0 radical (unpaired) electrons. The molecule has 222 valence electrons. The fourth-order valence-electron chi connectivity index (χ4n) is 8.26. The Balaban J connectivity index is 1.10. The smallest absolute Gasteiger partial charge is 0.0620 e. The third-order valence-electron chi connectivity index (χ3n) is 10.5. The number of para-hydroxylation sites is 4. The van der Waals surface area contributed by atoms with Gasteiger partial charge in [-0.2, -0.15) is 0 Å². The second-order valence-corrected chi connectivity index (χ2v) is 13.4. The number of nitrogens with zero attached hydrogens (tertiary/aromatic N) is 2. The van der Waals surface area contributed by atoms with E-state index in [-0.39, 0.29) is 5.41 Å². The zero-order chi connectivity index (χ0) is 31.3. The van der Waals surface area contributed by atoms with E-state index in [4.69, 9.17) is 0 Å². The van der Waals surface area contributed by atoms with E-state index in [1.54, 1.807) is 0 Å². The van der Waals surface area contributed by atoms with Gasteiger partial charge in [-0.3, -0.25) is 0 Å². The summed E-state index contributed by atoms with van der Waals surface area (Å²) in [5.41, 5.74) is 15.1. The van der Waals surface area contributed by atoms with Crippen LogP contribution >= 0.6 is 0 Å². The van der Waals surface area contributed by atoms with Gasteiger partial charge in [0.15, 0.2) is 0 Å². The minimum Gasteiger partial charge on any atom is -0.310 e. The van der Waals surface area contributed by atoms with Crippen molar-refractivity contribution in [2.24, 2.45) is 0 Å². The van der Waals surface area contributed by atoms with Gasteiger partial charge in [0.05, 0.1) is 16.6 Å². The van der Waals surface area contributed by atoms with Crippen molar-refractivity contribution in [2.45, 2.75) is 19.3 Å². The third-order valence-corrected chi connectivity index (χ3v) is 10.5. The van der Waals surface area contributed by atoms with Crippen LogP contribution < -0.4 is 4.90 Å². The van der Waals surface area contributed by atoms with Crippen molar-refractivity contribution in [3.05, 3.63) is 169 Å². The van der Waals surface area contributed by atoms with Gasteiger partial charge in [-0.15, -0.1) is 0 Å². The highest BCUT2D eigenvalue weighted by molar-refractivity contribution is 6.23. The van der Waals surface area contributed by atoms with Gasteiger partial charge in [-0.25, -0.2) is 0 Å². The topological polar surface area (TPSA) is 7.65 Å². The Kier molecular flexibility index (Phi) is 5.37. The fraction of sp³-hybridized carbons (Fsp3) is 0.0667. The summed E-state index contributed by atoms with van der Waals surface area (Å²) in [5, 5.41) is 5.27. The lowest BCUT2D eigenvalue weighted by molar-refractivity contribution is 0.660. The number of aromatic nitrogens is 1. The zero-order valence-corrected chi connectivity index (χ0v) is 26.4. The second kappa shape index (κ2) is 9.57. The van der Waals surface area contributed by atoms with E-state index in [9.17, 15) is 0 Å². The predicted molar refractivity (Wildman–Crippen MR) is 199 cm³/mol. The lowest BCUT2D eigenvalue weighted by atomic mass is 9.81. The molecule has 2 nitrogen and oxygen atoms in total. The number of hydrogen-bond acceptors (Lipinski definition) is 1. The van der Waals surface area contributed by atoms with Crippen molar-refractivity contribution in [2.75, 3.05) is 4.90 Å². The quantitative estimate of drug-likeness (QED) is 0.195. The maximum atomic E-state index is 2.47. The Bertz CT molecular complexity index is 2610. The highest BCUT2D eigenvalue weighted by Crippen LogP contribution is 2.52. The molecule has 1 aliphatic carbocycles. The first-order valence-electron chi connectivity index (χ1n) is 16.4. The Morgan fingerprint density at radius 3 is 1.70 bits per heavy atom. The van der Waals surface area contributed by atoms with Crippen LogP contribution in [-0.4, -0.2) is 4.40 Å². The van der Waals surface area contributed by atoms with Crippen LogP contribution in [0.1, 0.15) is 25.0 Å². The molecule has 10 rings (SSSR count). The molecule has 0 atom stereocenters. The van der Waals surface area contributed by atoms with Crippen LogP contribution in [0.15, 0.2) is 158 Å². The van der Waals surface area contributed by atoms with Gasteiger partial charge in [0.1, 0.15) is 0 Å². The van der Waals surface area contributed by atoms with Crippen molar-refractivity contribution < 1.29 is 0 Å². The lowest BCUT2D eigenvalue weighted by Gasteiger charge is -2.28. The number of hydrogen-bond donors (Lipinski definition) is 0. The summed E-state index contributed by atoms with van der Waals surface area (Å²) in [4.78, 5) is 2.36.